The predicted octanol–water partition coefficient (Wildman–Crippen LogP) is 1.92. The van der Waals surface area contributed by atoms with Gasteiger partial charge >= 0.3 is 6.03 Å². The Kier molecular flexibility index (Phi) is 5.32. The first kappa shape index (κ1) is 20.4. The topological polar surface area (TPSA) is 116 Å². The summed E-state index contributed by atoms with van der Waals surface area (Å²) in [7, 11) is 3.02. The van der Waals surface area contributed by atoms with E-state index in [9.17, 15) is 9.59 Å². The summed E-state index contributed by atoms with van der Waals surface area (Å²) in [4.78, 5) is 32.4. The summed E-state index contributed by atoms with van der Waals surface area (Å²) >= 11 is 0. The summed E-state index contributed by atoms with van der Waals surface area (Å²) in [5.74, 6) is 1.29. The van der Waals surface area contributed by atoms with Crippen LogP contribution in [-0.4, -0.2) is 57.5 Å². The van der Waals surface area contributed by atoms with E-state index in [1.54, 1.807) is 23.1 Å². The molecule has 4 heterocycles. The van der Waals surface area contributed by atoms with Crippen LogP contribution in [-0.2, 0) is 17.9 Å². The van der Waals surface area contributed by atoms with Crippen LogP contribution in [0.15, 0.2) is 29.2 Å². The van der Waals surface area contributed by atoms with E-state index < -0.39 is 6.03 Å². The predicted molar refractivity (Wildman–Crippen MR) is 108 cm³/mol. The van der Waals surface area contributed by atoms with Gasteiger partial charge in [-0.2, -0.15) is 5.10 Å². The zero-order chi connectivity index (χ0) is 22.1. The monoisotopic (exact) mass is 426 g/mol. The molecule has 3 aromatic rings. The normalized spacial score (nSPS) is 13.9. The van der Waals surface area contributed by atoms with Crippen molar-refractivity contribution in [3.63, 3.8) is 0 Å². The largest absolute Gasteiger partial charge is 0.493 e. The molecule has 3 amide bonds. The van der Waals surface area contributed by atoms with Gasteiger partial charge in [-0.25, -0.2) is 9.69 Å². The van der Waals surface area contributed by atoms with Crippen molar-refractivity contribution in [3.05, 3.63) is 47.4 Å². The molecule has 4 rings (SSSR count). The van der Waals surface area contributed by atoms with Crippen LogP contribution in [0.25, 0.3) is 0 Å². The molecule has 1 aliphatic heterocycles. The zero-order valence-corrected chi connectivity index (χ0v) is 17.7. The standard InChI is InChI=1S/C20H22N6O5/c1-12-15(13(2)31-23-12)9-25-8-14(7-22-25)26-18(27)11-24(20(26)28)10-16-19(30-4)17(29-3)5-6-21-16/h5-8H,9-11H2,1-4H3. The summed E-state index contributed by atoms with van der Waals surface area (Å²) in [6.45, 7) is 4.13. The van der Waals surface area contributed by atoms with Crippen LogP contribution >= 0.6 is 0 Å². The maximum atomic E-state index is 13.0. The van der Waals surface area contributed by atoms with Crippen molar-refractivity contribution in [3.8, 4) is 11.5 Å². The summed E-state index contributed by atoms with van der Waals surface area (Å²) in [6, 6.07) is 1.22. The second kappa shape index (κ2) is 8.09. The lowest BCUT2D eigenvalue weighted by atomic mass is 10.2. The van der Waals surface area contributed by atoms with Gasteiger partial charge in [-0.3, -0.25) is 14.5 Å². The van der Waals surface area contributed by atoms with E-state index in [0.29, 0.717) is 35.2 Å². The number of amides is 3. The maximum Gasteiger partial charge on any atom is 0.332 e. The molecule has 0 N–H and O–H groups in total. The number of anilines is 1. The van der Waals surface area contributed by atoms with Crippen molar-refractivity contribution in [2.75, 3.05) is 25.7 Å². The van der Waals surface area contributed by atoms with Crippen molar-refractivity contribution in [1.29, 1.82) is 0 Å². The average Bonchev–Trinajstić information content (AvgIpc) is 3.42. The van der Waals surface area contributed by atoms with E-state index in [2.05, 4.69) is 15.2 Å². The quantitative estimate of drug-likeness (QED) is 0.526. The molecule has 11 nitrogen and oxygen atoms in total. The molecule has 0 aliphatic carbocycles. The van der Waals surface area contributed by atoms with Gasteiger partial charge in [0.15, 0.2) is 11.5 Å². The van der Waals surface area contributed by atoms with Gasteiger partial charge in [-0.15, -0.1) is 0 Å². The second-order valence-corrected chi connectivity index (χ2v) is 7.06. The fourth-order valence-corrected chi connectivity index (χ4v) is 3.52. The highest BCUT2D eigenvalue weighted by atomic mass is 16.5. The zero-order valence-electron chi connectivity index (χ0n) is 17.7. The summed E-state index contributed by atoms with van der Waals surface area (Å²) in [5.41, 5.74) is 2.58. The number of hydrogen-bond donors (Lipinski definition) is 0. The highest BCUT2D eigenvalue weighted by Gasteiger charge is 2.38. The molecule has 3 aromatic heterocycles. The van der Waals surface area contributed by atoms with Crippen molar-refractivity contribution >= 4 is 17.6 Å². The van der Waals surface area contributed by atoms with Gasteiger partial charge in [0, 0.05) is 24.0 Å². The Hall–Kier alpha value is -3.89. The van der Waals surface area contributed by atoms with Crippen LogP contribution in [0.2, 0.25) is 0 Å². The third-order valence-corrected chi connectivity index (χ3v) is 5.12. The van der Waals surface area contributed by atoms with E-state index in [1.807, 2.05) is 13.8 Å². The maximum absolute atomic E-state index is 13.0. The van der Waals surface area contributed by atoms with Gasteiger partial charge in [0.25, 0.3) is 5.91 Å². The molecule has 1 fully saturated rings. The molecule has 0 bridgehead atoms. The summed E-state index contributed by atoms with van der Waals surface area (Å²) in [5, 5.41) is 8.21. The molecule has 0 radical (unpaired) electrons. The third kappa shape index (κ3) is 3.69. The minimum absolute atomic E-state index is 0.0735. The lowest BCUT2D eigenvalue weighted by Crippen LogP contribution is -2.32. The Morgan fingerprint density at radius 1 is 1.16 bits per heavy atom. The van der Waals surface area contributed by atoms with Gasteiger partial charge in [0.1, 0.15) is 18.0 Å². The van der Waals surface area contributed by atoms with Crippen molar-refractivity contribution in [2.45, 2.75) is 26.9 Å². The number of imide groups is 1. The Morgan fingerprint density at radius 2 is 1.97 bits per heavy atom. The number of carbonyl (C=O) groups excluding carboxylic acids is 2. The highest BCUT2D eigenvalue weighted by Crippen LogP contribution is 2.31. The number of hydrogen-bond acceptors (Lipinski definition) is 8. The molecule has 0 unspecified atom stereocenters. The van der Waals surface area contributed by atoms with Crippen LogP contribution in [0.4, 0.5) is 10.5 Å². The van der Waals surface area contributed by atoms with E-state index >= 15 is 0 Å². The number of ether oxygens (including phenoxy) is 2. The number of aryl methyl sites for hydroxylation is 2. The third-order valence-electron chi connectivity index (χ3n) is 5.12. The molecule has 11 heteroatoms. The molecule has 31 heavy (non-hydrogen) atoms. The van der Waals surface area contributed by atoms with Crippen molar-refractivity contribution in [1.82, 2.24) is 24.8 Å². The van der Waals surface area contributed by atoms with E-state index in [4.69, 9.17) is 14.0 Å². The van der Waals surface area contributed by atoms with Gasteiger partial charge in [-0.1, -0.05) is 5.16 Å². The van der Waals surface area contributed by atoms with Gasteiger partial charge in [0.2, 0.25) is 0 Å². The Labute approximate surface area is 178 Å². The van der Waals surface area contributed by atoms with E-state index in [-0.39, 0.29) is 19.0 Å². The fraction of sp³-hybridized carbons (Fsp3) is 0.350. The fourth-order valence-electron chi connectivity index (χ4n) is 3.52. The van der Waals surface area contributed by atoms with E-state index in [1.165, 1.54) is 25.3 Å². The van der Waals surface area contributed by atoms with Crippen LogP contribution in [0.3, 0.4) is 0 Å². The first-order valence-electron chi connectivity index (χ1n) is 9.54. The lowest BCUT2D eigenvalue weighted by molar-refractivity contribution is -0.116. The lowest BCUT2D eigenvalue weighted by Gasteiger charge is -2.18. The number of nitrogens with zero attached hydrogens (tertiary/aromatic N) is 6. The van der Waals surface area contributed by atoms with Crippen molar-refractivity contribution < 1.29 is 23.6 Å². The molecule has 0 saturated carbocycles. The summed E-state index contributed by atoms with van der Waals surface area (Å²) < 4.78 is 17.5. The Morgan fingerprint density at radius 3 is 2.65 bits per heavy atom. The molecular weight excluding hydrogens is 404 g/mol. The van der Waals surface area contributed by atoms with Crippen LogP contribution in [0, 0.1) is 13.8 Å². The number of methoxy groups -OCH3 is 2. The smallest absolute Gasteiger partial charge is 0.332 e. The molecule has 0 spiro atoms. The molecular formula is C20H22N6O5. The Bertz CT molecular complexity index is 1120. The number of urea groups is 1. The van der Waals surface area contributed by atoms with Gasteiger partial charge in [-0.05, 0) is 13.8 Å². The number of pyridine rings is 1. The van der Waals surface area contributed by atoms with Crippen LogP contribution < -0.4 is 14.4 Å². The summed E-state index contributed by atoms with van der Waals surface area (Å²) in [6.07, 6.45) is 4.70. The van der Waals surface area contributed by atoms with Crippen LogP contribution in [0.1, 0.15) is 22.7 Å². The first-order chi connectivity index (χ1) is 14.9. The second-order valence-electron chi connectivity index (χ2n) is 7.06. The Balaban J connectivity index is 1.53. The van der Waals surface area contributed by atoms with Gasteiger partial charge < -0.3 is 18.9 Å². The van der Waals surface area contributed by atoms with E-state index in [0.717, 1.165) is 16.2 Å². The van der Waals surface area contributed by atoms with Crippen molar-refractivity contribution in [2.24, 2.45) is 0 Å². The first-order valence-corrected chi connectivity index (χ1v) is 9.54. The molecule has 0 aromatic carbocycles. The van der Waals surface area contributed by atoms with Crippen LogP contribution in [0.5, 0.6) is 11.5 Å². The minimum Gasteiger partial charge on any atom is -0.493 e. The molecule has 0 atom stereocenters. The number of carbonyl (C=O) groups is 2. The SMILES string of the molecule is COc1ccnc(CN2CC(=O)N(c3cnn(Cc4c(C)noc4C)c3)C2=O)c1OC. The average molecular weight is 426 g/mol. The number of rotatable bonds is 7. The molecule has 1 saturated heterocycles. The minimum atomic E-state index is -0.450. The van der Waals surface area contributed by atoms with Gasteiger partial charge in [0.05, 0.1) is 44.9 Å². The molecule has 1 aliphatic rings. The number of aromatic nitrogens is 4. The highest BCUT2D eigenvalue weighted by molar-refractivity contribution is 6.19. The molecule has 162 valence electrons.